The van der Waals surface area contributed by atoms with Crippen LogP contribution in [0.2, 0.25) is 0 Å². The van der Waals surface area contributed by atoms with Crippen molar-refractivity contribution < 1.29 is 27.2 Å². The highest BCUT2D eigenvalue weighted by molar-refractivity contribution is 6.62. The minimum Gasteiger partial charge on any atom is -0.491 e. The molecule has 0 N–H and O–H groups in total. The van der Waals surface area contributed by atoms with Gasteiger partial charge in [0.15, 0.2) is 0 Å². The zero-order chi connectivity index (χ0) is 17.6. The van der Waals surface area contributed by atoms with Gasteiger partial charge in [0.25, 0.3) is 0 Å². The molecule has 0 radical (unpaired) electrons. The molecule has 0 saturated carbocycles. The van der Waals surface area contributed by atoms with Gasteiger partial charge >= 0.3 is 13.3 Å². The van der Waals surface area contributed by atoms with Crippen LogP contribution >= 0.6 is 0 Å². The Morgan fingerprint density at radius 3 is 1.96 bits per heavy atom. The zero-order valence-electron chi connectivity index (χ0n) is 14.2. The van der Waals surface area contributed by atoms with Gasteiger partial charge in [-0.3, -0.25) is 0 Å². The molecule has 0 unspecified atom stereocenters. The van der Waals surface area contributed by atoms with Gasteiger partial charge in [-0.2, -0.15) is 13.2 Å². The van der Waals surface area contributed by atoms with Gasteiger partial charge in [-0.05, 0) is 65.2 Å². The van der Waals surface area contributed by atoms with Gasteiger partial charge in [0.05, 0.1) is 22.9 Å². The van der Waals surface area contributed by atoms with Crippen molar-refractivity contribution in [2.45, 2.75) is 65.0 Å². The Kier molecular flexibility index (Phi) is 4.50. The summed E-state index contributed by atoms with van der Waals surface area (Å²) < 4.78 is 56.5. The maximum atomic E-state index is 13.1. The summed E-state index contributed by atoms with van der Waals surface area (Å²) in [6.07, 6.45) is -4.70. The van der Waals surface area contributed by atoms with Crippen molar-refractivity contribution >= 4 is 12.6 Å². The summed E-state index contributed by atoms with van der Waals surface area (Å²) in [6.45, 7) is 10.9. The van der Waals surface area contributed by atoms with Crippen molar-refractivity contribution in [3.05, 3.63) is 23.8 Å². The third-order valence-electron chi connectivity index (χ3n) is 4.15. The van der Waals surface area contributed by atoms with Crippen LogP contribution in [0.15, 0.2) is 18.2 Å². The molecule has 23 heavy (non-hydrogen) atoms. The third-order valence-corrected chi connectivity index (χ3v) is 4.15. The second kappa shape index (κ2) is 5.70. The van der Waals surface area contributed by atoms with Crippen LogP contribution in [-0.4, -0.2) is 24.4 Å². The van der Waals surface area contributed by atoms with Gasteiger partial charge in [-0.25, -0.2) is 0 Å². The SMILES string of the molecule is CC(C)Oc1cc(B2OC(C)(C)C(C)(C)O2)cc(C(F)(F)F)c1. The van der Waals surface area contributed by atoms with E-state index in [-0.39, 0.29) is 11.9 Å². The molecule has 0 bridgehead atoms. The van der Waals surface area contributed by atoms with Crippen LogP contribution in [0.3, 0.4) is 0 Å². The number of halogens is 3. The number of hydrogen-bond acceptors (Lipinski definition) is 3. The van der Waals surface area contributed by atoms with E-state index < -0.39 is 30.1 Å². The average molecular weight is 330 g/mol. The normalized spacial score (nSPS) is 20.2. The first kappa shape index (κ1) is 18.1. The molecule has 1 aromatic rings. The number of ether oxygens (including phenoxy) is 1. The van der Waals surface area contributed by atoms with Crippen molar-refractivity contribution in [2.75, 3.05) is 0 Å². The summed E-state index contributed by atoms with van der Waals surface area (Å²) >= 11 is 0. The van der Waals surface area contributed by atoms with E-state index in [1.165, 1.54) is 6.07 Å². The summed E-state index contributed by atoms with van der Waals surface area (Å²) in [5.74, 6) is 0.152. The van der Waals surface area contributed by atoms with E-state index in [2.05, 4.69) is 0 Å². The molecule has 0 spiro atoms. The fourth-order valence-corrected chi connectivity index (χ4v) is 2.24. The first-order chi connectivity index (χ1) is 10.3. The molecule has 1 saturated heterocycles. The Hall–Kier alpha value is -1.21. The topological polar surface area (TPSA) is 27.7 Å². The maximum Gasteiger partial charge on any atom is 0.494 e. The molecule has 0 aliphatic carbocycles. The zero-order valence-corrected chi connectivity index (χ0v) is 14.2. The van der Waals surface area contributed by atoms with E-state index >= 15 is 0 Å². The van der Waals surface area contributed by atoms with Gasteiger partial charge in [0, 0.05) is 0 Å². The van der Waals surface area contributed by atoms with E-state index in [0.29, 0.717) is 5.46 Å². The Balaban J connectivity index is 2.42. The fourth-order valence-electron chi connectivity index (χ4n) is 2.24. The highest BCUT2D eigenvalue weighted by Gasteiger charge is 2.52. The summed E-state index contributed by atoms with van der Waals surface area (Å²) in [5.41, 5.74) is -1.72. The number of benzene rings is 1. The molecular formula is C16H22BF3O3. The van der Waals surface area contributed by atoms with Gasteiger partial charge in [0.1, 0.15) is 5.75 Å². The number of rotatable bonds is 3. The summed E-state index contributed by atoms with van der Waals surface area (Å²) in [4.78, 5) is 0. The molecule has 1 aliphatic rings. The van der Waals surface area contributed by atoms with Gasteiger partial charge in [0.2, 0.25) is 0 Å². The molecule has 0 atom stereocenters. The minimum absolute atomic E-state index is 0.152. The van der Waals surface area contributed by atoms with Crippen LogP contribution in [-0.2, 0) is 15.5 Å². The summed E-state index contributed by atoms with van der Waals surface area (Å²) in [7, 11) is -0.864. The molecule has 2 rings (SSSR count). The molecule has 7 heteroatoms. The third kappa shape index (κ3) is 3.83. The molecule has 1 fully saturated rings. The largest absolute Gasteiger partial charge is 0.494 e. The van der Waals surface area contributed by atoms with Crippen molar-refractivity contribution in [1.82, 2.24) is 0 Å². The van der Waals surface area contributed by atoms with Crippen molar-refractivity contribution in [3.8, 4) is 5.75 Å². The van der Waals surface area contributed by atoms with E-state index in [9.17, 15) is 13.2 Å². The molecule has 1 aromatic carbocycles. The standard InChI is InChI=1S/C16H22BF3O3/c1-10(2)21-13-8-11(16(18,19)20)7-12(9-13)17-22-14(3,4)15(5,6)23-17/h7-10H,1-6H3. The second-order valence-corrected chi connectivity index (χ2v) is 7.04. The average Bonchev–Trinajstić information content (AvgIpc) is 2.56. The van der Waals surface area contributed by atoms with Gasteiger partial charge in [-0.15, -0.1) is 0 Å². The predicted molar refractivity (Wildman–Crippen MR) is 82.9 cm³/mol. The number of alkyl halides is 3. The van der Waals surface area contributed by atoms with E-state index in [1.807, 2.05) is 27.7 Å². The predicted octanol–water partition coefficient (Wildman–Crippen LogP) is 3.79. The maximum absolute atomic E-state index is 13.1. The minimum atomic E-state index is -4.46. The van der Waals surface area contributed by atoms with Crippen LogP contribution < -0.4 is 10.2 Å². The summed E-state index contributed by atoms with van der Waals surface area (Å²) in [6, 6.07) is 3.58. The molecule has 128 valence electrons. The van der Waals surface area contributed by atoms with Crippen LogP contribution in [0.5, 0.6) is 5.75 Å². The van der Waals surface area contributed by atoms with E-state index in [4.69, 9.17) is 14.0 Å². The molecular weight excluding hydrogens is 308 g/mol. The van der Waals surface area contributed by atoms with Crippen molar-refractivity contribution in [3.63, 3.8) is 0 Å². The lowest BCUT2D eigenvalue weighted by atomic mass is 9.78. The van der Waals surface area contributed by atoms with E-state index in [0.717, 1.165) is 12.1 Å². The van der Waals surface area contributed by atoms with Gasteiger partial charge < -0.3 is 14.0 Å². The van der Waals surface area contributed by atoms with Crippen LogP contribution in [0.1, 0.15) is 47.1 Å². The Labute approximate surface area is 135 Å². The molecule has 0 aromatic heterocycles. The molecule has 1 heterocycles. The highest BCUT2D eigenvalue weighted by Crippen LogP contribution is 2.37. The Morgan fingerprint density at radius 1 is 1.00 bits per heavy atom. The van der Waals surface area contributed by atoms with Crippen molar-refractivity contribution in [1.29, 1.82) is 0 Å². The monoisotopic (exact) mass is 330 g/mol. The summed E-state index contributed by atoms with van der Waals surface area (Å²) in [5, 5.41) is 0. The smallest absolute Gasteiger partial charge is 0.491 e. The highest BCUT2D eigenvalue weighted by atomic mass is 19.4. The van der Waals surface area contributed by atoms with E-state index in [1.54, 1.807) is 13.8 Å². The Morgan fingerprint density at radius 2 is 1.52 bits per heavy atom. The van der Waals surface area contributed by atoms with Gasteiger partial charge in [-0.1, -0.05) is 0 Å². The van der Waals surface area contributed by atoms with Crippen molar-refractivity contribution in [2.24, 2.45) is 0 Å². The molecule has 0 amide bonds. The Bertz CT molecular complexity index is 566. The van der Waals surface area contributed by atoms with Crippen LogP contribution in [0, 0.1) is 0 Å². The first-order valence-corrected chi connectivity index (χ1v) is 7.56. The fraction of sp³-hybridized carbons (Fsp3) is 0.625. The number of hydrogen-bond donors (Lipinski definition) is 0. The molecule has 3 nitrogen and oxygen atoms in total. The lowest BCUT2D eigenvalue weighted by Crippen LogP contribution is -2.41. The second-order valence-electron chi connectivity index (χ2n) is 7.04. The quantitative estimate of drug-likeness (QED) is 0.789. The molecule has 1 aliphatic heterocycles. The van der Waals surface area contributed by atoms with Crippen LogP contribution in [0.25, 0.3) is 0 Å². The lowest BCUT2D eigenvalue weighted by molar-refractivity contribution is -0.137. The lowest BCUT2D eigenvalue weighted by Gasteiger charge is -2.32. The first-order valence-electron chi connectivity index (χ1n) is 7.56. The van der Waals surface area contributed by atoms with Crippen LogP contribution in [0.4, 0.5) is 13.2 Å².